The van der Waals surface area contributed by atoms with Crippen LogP contribution in [-0.4, -0.2) is 67.5 Å². The predicted molar refractivity (Wildman–Crippen MR) is 145 cm³/mol. The highest BCUT2D eigenvalue weighted by molar-refractivity contribution is 6.30. The Labute approximate surface area is 222 Å². The highest BCUT2D eigenvalue weighted by atomic mass is 35.5. The number of halogens is 1. The summed E-state index contributed by atoms with van der Waals surface area (Å²) in [7, 11) is 3.65. The van der Waals surface area contributed by atoms with Crippen LogP contribution in [-0.2, 0) is 15.1 Å². The molecule has 1 saturated heterocycles. The van der Waals surface area contributed by atoms with Gasteiger partial charge in [0.1, 0.15) is 0 Å². The number of carbonyl (C=O) groups is 1. The van der Waals surface area contributed by atoms with Crippen LogP contribution in [0.25, 0.3) is 0 Å². The molecule has 3 N–H and O–H groups in total. The van der Waals surface area contributed by atoms with Crippen LogP contribution in [0.4, 0.5) is 0 Å². The van der Waals surface area contributed by atoms with Gasteiger partial charge in [-0.25, -0.2) is 0 Å². The number of benzene rings is 1. The first kappa shape index (κ1) is 29.4. The normalized spacial score (nSPS) is 25.4. The quantitative estimate of drug-likeness (QED) is 0.326. The molecule has 1 aliphatic carbocycles. The zero-order valence-corrected chi connectivity index (χ0v) is 23.0. The lowest BCUT2D eigenvalue weighted by atomic mass is 9.74. The van der Waals surface area contributed by atoms with Gasteiger partial charge in [-0.2, -0.15) is 0 Å². The van der Waals surface area contributed by atoms with Gasteiger partial charge < -0.3 is 25.2 Å². The number of hydrogen-bond acceptors (Lipinski definition) is 5. The number of carbonyl (C=O) groups excluding carboxylic acids is 1. The summed E-state index contributed by atoms with van der Waals surface area (Å²) in [5.41, 5.74) is -0.176. The van der Waals surface area contributed by atoms with Crippen LogP contribution in [0.5, 0.6) is 0 Å². The Kier molecular flexibility index (Phi) is 12.0. The van der Waals surface area contributed by atoms with E-state index in [1.165, 1.54) is 0 Å². The maximum atomic E-state index is 13.5. The summed E-state index contributed by atoms with van der Waals surface area (Å²) in [6.45, 7) is 2.84. The minimum absolute atomic E-state index is 0.0289. The molecule has 3 atom stereocenters. The average molecular weight is 523 g/mol. The summed E-state index contributed by atoms with van der Waals surface area (Å²) >= 11 is 6.31. The van der Waals surface area contributed by atoms with Crippen molar-refractivity contribution < 1.29 is 19.7 Å². The monoisotopic (exact) mass is 522 g/mol. The molecule has 7 heteroatoms. The van der Waals surface area contributed by atoms with Gasteiger partial charge in [-0.15, -0.1) is 0 Å². The predicted octanol–water partition coefficient (Wildman–Crippen LogP) is 4.75. The Morgan fingerprint density at radius 3 is 2.72 bits per heavy atom. The van der Waals surface area contributed by atoms with Crippen molar-refractivity contribution in [2.45, 2.75) is 82.3 Å². The average Bonchev–Trinajstić information content (AvgIpc) is 2.88. The Morgan fingerprint density at radius 1 is 1.25 bits per heavy atom. The van der Waals surface area contributed by atoms with Gasteiger partial charge in [0.15, 0.2) is 0 Å². The van der Waals surface area contributed by atoms with E-state index in [1.54, 1.807) is 7.11 Å². The molecule has 0 bridgehead atoms. The highest BCUT2D eigenvalue weighted by Crippen LogP contribution is 2.41. The summed E-state index contributed by atoms with van der Waals surface area (Å²) < 4.78 is 5.22. The third-order valence-corrected chi connectivity index (χ3v) is 8.60. The van der Waals surface area contributed by atoms with Crippen LogP contribution in [0.2, 0.25) is 5.02 Å². The lowest BCUT2D eigenvalue weighted by Crippen LogP contribution is -2.48. The molecule has 6 nitrogen and oxygen atoms in total. The van der Waals surface area contributed by atoms with E-state index in [0.717, 1.165) is 76.4 Å². The molecule has 0 unspecified atom stereocenters. The number of aliphatic hydroxyl groups is 2. The van der Waals surface area contributed by atoms with Gasteiger partial charge in [0, 0.05) is 44.2 Å². The Balaban J connectivity index is 1.66. The number of amides is 1. The van der Waals surface area contributed by atoms with E-state index in [4.69, 9.17) is 16.3 Å². The fourth-order valence-corrected chi connectivity index (χ4v) is 6.52. The van der Waals surface area contributed by atoms with Crippen LogP contribution in [0.1, 0.15) is 76.2 Å². The van der Waals surface area contributed by atoms with Crippen molar-refractivity contribution in [1.82, 2.24) is 10.2 Å². The lowest BCUT2D eigenvalue weighted by Gasteiger charge is -2.43. The second kappa shape index (κ2) is 14.7. The summed E-state index contributed by atoms with van der Waals surface area (Å²) in [5.74, 6) is 1.06. The minimum Gasteiger partial charge on any atom is -0.393 e. The molecule has 2 fully saturated rings. The summed E-state index contributed by atoms with van der Waals surface area (Å²) in [6, 6.07) is 7.58. The summed E-state index contributed by atoms with van der Waals surface area (Å²) in [4.78, 5) is 15.5. The van der Waals surface area contributed by atoms with Crippen LogP contribution in [0.15, 0.2) is 24.3 Å². The molecule has 204 valence electrons. The van der Waals surface area contributed by atoms with Crippen LogP contribution in [0.3, 0.4) is 0 Å². The largest absolute Gasteiger partial charge is 0.393 e. The standard InChI is InChI=1S/C29H47ClN2O4/c1-31-20-23(17-22-10-12-27(33)13-11-22)18-28(34)32-15-6-8-25(21-32)29(35,14-3-4-16-36-2)24-7-5-9-26(30)19-24/h5,7,9,19,22-23,25,27,31,33,35H,3-4,6,8,10-18,20-21H2,1-2H3/t22?,23-,25-,27?,29-/m1/s1. The zero-order chi connectivity index (χ0) is 26.0. The fraction of sp³-hybridized carbons (Fsp3) is 0.759. The van der Waals surface area contributed by atoms with Gasteiger partial charge in [-0.05, 0) is 107 Å². The van der Waals surface area contributed by atoms with Crippen molar-refractivity contribution in [2.24, 2.45) is 17.8 Å². The van der Waals surface area contributed by atoms with Crippen molar-refractivity contribution in [3.8, 4) is 0 Å². The second-order valence-electron chi connectivity index (χ2n) is 11.1. The molecule has 0 spiro atoms. The molecular weight excluding hydrogens is 476 g/mol. The van der Waals surface area contributed by atoms with Gasteiger partial charge in [-0.3, -0.25) is 4.79 Å². The Morgan fingerprint density at radius 2 is 2.03 bits per heavy atom. The van der Waals surface area contributed by atoms with E-state index in [1.807, 2.05) is 36.2 Å². The Bertz CT molecular complexity index is 801. The molecule has 1 aromatic rings. The van der Waals surface area contributed by atoms with Crippen molar-refractivity contribution >= 4 is 17.5 Å². The first-order valence-corrected chi connectivity index (χ1v) is 14.3. The highest BCUT2D eigenvalue weighted by Gasteiger charge is 2.41. The molecule has 1 aliphatic heterocycles. The third kappa shape index (κ3) is 8.42. The lowest BCUT2D eigenvalue weighted by molar-refractivity contribution is -0.138. The summed E-state index contributed by atoms with van der Waals surface area (Å²) in [5, 5.41) is 25.8. The van der Waals surface area contributed by atoms with Crippen LogP contribution < -0.4 is 5.32 Å². The van der Waals surface area contributed by atoms with Crippen molar-refractivity contribution in [2.75, 3.05) is 40.4 Å². The number of ether oxygens (including phenoxy) is 1. The van der Waals surface area contributed by atoms with Gasteiger partial charge >= 0.3 is 0 Å². The molecule has 36 heavy (non-hydrogen) atoms. The third-order valence-electron chi connectivity index (χ3n) is 8.37. The van der Waals surface area contributed by atoms with Crippen LogP contribution >= 0.6 is 11.6 Å². The number of nitrogens with one attached hydrogen (secondary N) is 1. The van der Waals surface area contributed by atoms with E-state index in [-0.39, 0.29) is 17.9 Å². The zero-order valence-electron chi connectivity index (χ0n) is 22.3. The maximum absolute atomic E-state index is 13.5. The van der Waals surface area contributed by atoms with E-state index in [2.05, 4.69) is 5.32 Å². The molecule has 0 radical (unpaired) electrons. The minimum atomic E-state index is -1.02. The SMILES string of the molecule is CNC[C@@H](CC(=O)N1CCC[C@@H]([C@@](O)(CCCCOC)c2cccc(Cl)c2)C1)CC1CCC(O)CC1. The van der Waals surface area contributed by atoms with Gasteiger partial charge in [0.25, 0.3) is 0 Å². The van der Waals surface area contributed by atoms with E-state index < -0.39 is 5.60 Å². The van der Waals surface area contributed by atoms with Gasteiger partial charge in [-0.1, -0.05) is 23.7 Å². The summed E-state index contributed by atoms with van der Waals surface area (Å²) in [6.07, 6.45) is 9.43. The molecule has 1 saturated carbocycles. The number of likely N-dealkylation sites (tertiary alicyclic amines) is 1. The van der Waals surface area contributed by atoms with Gasteiger partial charge in [0.05, 0.1) is 11.7 Å². The molecule has 0 aromatic heterocycles. The van der Waals surface area contributed by atoms with Crippen molar-refractivity contribution in [1.29, 1.82) is 0 Å². The smallest absolute Gasteiger partial charge is 0.222 e. The topological polar surface area (TPSA) is 82.0 Å². The first-order valence-electron chi connectivity index (χ1n) is 13.9. The molecule has 1 aromatic carbocycles. The number of unbranched alkanes of at least 4 members (excludes halogenated alkanes) is 1. The number of rotatable bonds is 13. The number of nitrogens with zero attached hydrogens (tertiary/aromatic N) is 1. The maximum Gasteiger partial charge on any atom is 0.222 e. The first-order chi connectivity index (χ1) is 17.4. The van der Waals surface area contributed by atoms with Gasteiger partial charge in [0.2, 0.25) is 5.91 Å². The second-order valence-corrected chi connectivity index (χ2v) is 11.5. The number of methoxy groups -OCH3 is 1. The van der Waals surface area contributed by atoms with Crippen molar-refractivity contribution in [3.63, 3.8) is 0 Å². The molecular formula is C29H47ClN2O4. The van der Waals surface area contributed by atoms with Crippen LogP contribution in [0, 0.1) is 17.8 Å². The Hall–Kier alpha value is -1.18. The molecule has 2 aliphatic rings. The van der Waals surface area contributed by atoms with E-state index in [9.17, 15) is 15.0 Å². The number of aliphatic hydroxyl groups excluding tert-OH is 1. The van der Waals surface area contributed by atoms with Crippen molar-refractivity contribution in [3.05, 3.63) is 34.9 Å². The van der Waals surface area contributed by atoms with E-state index in [0.29, 0.717) is 42.9 Å². The fourth-order valence-electron chi connectivity index (χ4n) is 6.33. The molecule has 1 heterocycles. The number of piperidine rings is 1. The molecule has 3 rings (SSSR count). The van der Waals surface area contributed by atoms with E-state index >= 15 is 0 Å². The molecule has 1 amide bonds. The number of hydrogen-bond donors (Lipinski definition) is 3.